The van der Waals surface area contributed by atoms with Gasteiger partial charge in [0.05, 0.1) is 33.5 Å². The molecule has 1 aliphatic heterocycles. The molecule has 0 atom stereocenters. The first-order chi connectivity index (χ1) is 15.9. The van der Waals surface area contributed by atoms with E-state index in [1.165, 1.54) is 25.6 Å². The summed E-state index contributed by atoms with van der Waals surface area (Å²) < 4.78 is 42.8. The average molecular weight is 479 g/mol. The van der Waals surface area contributed by atoms with Crippen LogP contribution >= 0.6 is 0 Å². The summed E-state index contributed by atoms with van der Waals surface area (Å²) in [5, 5.41) is 2.69. The molecule has 0 unspecified atom stereocenters. The molecule has 0 radical (unpaired) electrons. The van der Waals surface area contributed by atoms with Crippen molar-refractivity contribution in [1.82, 2.24) is 14.6 Å². The highest BCUT2D eigenvalue weighted by Gasteiger charge is 2.27. The second-order valence-electron chi connectivity index (χ2n) is 7.45. The molecule has 2 heterocycles. The van der Waals surface area contributed by atoms with Crippen LogP contribution in [0.2, 0.25) is 0 Å². The number of pyridine rings is 1. The van der Waals surface area contributed by atoms with Crippen LogP contribution in [0.4, 0.5) is 5.82 Å². The van der Waals surface area contributed by atoms with Gasteiger partial charge in [-0.3, -0.25) is 4.79 Å². The minimum absolute atomic E-state index is 0.0338. The van der Waals surface area contributed by atoms with E-state index in [1.807, 2.05) is 18.2 Å². The topological polar surface area (TPSA) is 110 Å². The fourth-order valence-corrected chi connectivity index (χ4v) is 5.01. The number of piperazine rings is 1. The van der Waals surface area contributed by atoms with Crippen LogP contribution in [-0.2, 0) is 21.2 Å². The van der Waals surface area contributed by atoms with E-state index >= 15 is 0 Å². The van der Waals surface area contributed by atoms with E-state index in [0.29, 0.717) is 49.0 Å². The molecule has 1 aromatic carbocycles. The second kappa shape index (κ2) is 11.2. The molecule has 33 heavy (non-hydrogen) atoms. The first kappa shape index (κ1) is 24.6. The minimum atomic E-state index is -3.47. The number of rotatable bonds is 10. The monoisotopic (exact) mass is 478 g/mol. The van der Waals surface area contributed by atoms with E-state index in [9.17, 15) is 13.2 Å². The van der Waals surface area contributed by atoms with Gasteiger partial charge < -0.3 is 24.4 Å². The lowest BCUT2D eigenvalue weighted by molar-refractivity contribution is -0.120. The van der Waals surface area contributed by atoms with E-state index in [0.717, 1.165) is 5.82 Å². The summed E-state index contributed by atoms with van der Waals surface area (Å²) in [6, 6.07) is 9.05. The highest BCUT2D eigenvalue weighted by molar-refractivity contribution is 7.89. The molecule has 3 rings (SSSR count). The Morgan fingerprint density at radius 3 is 2.24 bits per heavy atom. The normalized spacial score (nSPS) is 14.6. The zero-order valence-electron chi connectivity index (χ0n) is 19.1. The highest BCUT2D eigenvalue weighted by atomic mass is 32.2. The van der Waals surface area contributed by atoms with Crippen molar-refractivity contribution in [2.24, 2.45) is 0 Å². The van der Waals surface area contributed by atoms with Crippen LogP contribution in [0.1, 0.15) is 5.56 Å². The molecular formula is C22H30N4O6S. The Balaban J connectivity index is 1.49. The van der Waals surface area contributed by atoms with Crippen molar-refractivity contribution in [3.05, 3.63) is 42.1 Å². The minimum Gasteiger partial charge on any atom is -0.493 e. The molecule has 1 amide bonds. The van der Waals surface area contributed by atoms with E-state index in [1.54, 1.807) is 18.3 Å². The Labute approximate surface area is 194 Å². The van der Waals surface area contributed by atoms with Crippen molar-refractivity contribution in [2.45, 2.75) is 6.42 Å². The molecule has 0 saturated carbocycles. The van der Waals surface area contributed by atoms with Crippen LogP contribution in [0, 0.1) is 0 Å². The number of amides is 1. The van der Waals surface area contributed by atoms with E-state index < -0.39 is 10.0 Å². The van der Waals surface area contributed by atoms with Gasteiger partial charge in [0.15, 0.2) is 11.5 Å². The first-order valence-corrected chi connectivity index (χ1v) is 12.2. The number of carbonyl (C=O) groups excluding carboxylic acids is 1. The summed E-state index contributed by atoms with van der Waals surface area (Å²) in [5.41, 5.74) is 0.663. The summed E-state index contributed by atoms with van der Waals surface area (Å²) in [7, 11) is 1.04. The number of ether oxygens (including phenoxy) is 3. The predicted molar refractivity (Wildman–Crippen MR) is 125 cm³/mol. The third-order valence-corrected chi connectivity index (χ3v) is 7.25. The predicted octanol–water partition coefficient (Wildman–Crippen LogP) is 0.918. The molecule has 10 nitrogen and oxygen atoms in total. The molecule has 1 aliphatic rings. The fraction of sp³-hybridized carbons (Fsp3) is 0.455. The lowest BCUT2D eigenvalue weighted by Gasteiger charge is -2.34. The number of nitrogens with zero attached hydrogens (tertiary/aromatic N) is 3. The maximum Gasteiger partial charge on any atom is 0.224 e. The molecule has 0 bridgehead atoms. The molecule has 0 aliphatic carbocycles. The Morgan fingerprint density at radius 2 is 1.70 bits per heavy atom. The fourth-order valence-electron chi connectivity index (χ4n) is 3.67. The van der Waals surface area contributed by atoms with Crippen molar-refractivity contribution in [3.63, 3.8) is 0 Å². The van der Waals surface area contributed by atoms with E-state index in [2.05, 4.69) is 15.2 Å². The molecule has 1 N–H and O–H groups in total. The standard InChI is InChI=1S/C22H30N4O6S/c1-30-18-14-17(15-19(31-2)22(18)32-3)16-21(27)24-8-13-33(28,29)26-11-9-25(10-12-26)20-6-4-5-7-23-20/h4-7,14-15H,8-13,16H2,1-3H3,(H,24,27). The summed E-state index contributed by atoms with van der Waals surface area (Å²) in [4.78, 5) is 18.8. The van der Waals surface area contributed by atoms with E-state index in [-0.39, 0.29) is 24.6 Å². The zero-order chi connectivity index (χ0) is 23.8. The van der Waals surface area contributed by atoms with Gasteiger partial charge in [0.25, 0.3) is 0 Å². The molecule has 1 saturated heterocycles. The summed E-state index contributed by atoms with van der Waals surface area (Å²) in [6.45, 7) is 1.95. The number of anilines is 1. The Bertz CT molecular complexity index is 1020. The SMILES string of the molecule is COc1cc(CC(=O)NCCS(=O)(=O)N2CCN(c3ccccn3)CC2)cc(OC)c1OC. The maximum absolute atomic E-state index is 12.7. The molecule has 0 spiro atoms. The number of carbonyl (C=O) groups is 1. The molecular weight excluding hydrogens is 448 g/mol. The molecule has 2 aromatic rings. The number of nitrogens with one attached hydrogen (secondary N) is 1. The van der Waals surface area contributed by atoms with Crippen LogP contribution in [-0.4, -0.2) is 83.4 Å². The maximum atomic E-state index is 12.7. The second-order valence-corrected chi connectivity index (χ2v) is 9.54. The summed E-state index contributed by atoms with van der Waals surface area (Å²) in [6.07, 6.45) is 1.78. The van der Waals surface area contributed by atoms with Gasteiger partial charge in [-0.1, -0.05) is 6.07 Å². The van der Waals surface area contributed by atoms with Crippen LogP contribution in [0.15, 0.2) is 36.5 Å². The van der Waals surface area contributed by atoms with Crippen LogP contribution in [0.25, 0.3) is 0 Å². The smallest absolute Gasteiger partial charge is 0.224 e. The lowest BCUT2D eigenvalue weighted by atomic mass is 10.1. The Morgan fingerprint density at radius 1 is 1.03 bits per heavy atom. The average Bonchev–Trinajstić information content (AvgIpc) is 2.83. The summed E-state index contributed by atoms with van der Waals surface area (Å²) in [5.74, 6) is 1.74. The molecule has 1 fully saturated rings. The van der Waals surface area contributed by atoms with Crippen molar-refractivity contribution >= 4 is 21.7 Å². The first-order valence-electron chi connectivity index (χ1n) is 10.6. The largest absolute Gasteiger partial charge is 0.493 e. The number of hydrogen-bond acceptors (Lipinski definition) is 8. The van der Waals surface area contributed by atoms with Gasteiger partial charge in [-0.05, 0) is 29.8 Å². The number of aromatic nitrogens is 1. The molecule has 11 heteroatoms. The Hall–Kier alpha value is -3.05. The third kappa shape index (κ3) is 6.26. The number of hydrogen-bond donors (Lipinski definition) is 1. The third-order valence-electron chi connectivity index (χ3n) is 5.38. The van der Waals surface area contributed by atoms with Gasteiger partial charge in [0.1, 0.15) is 5.82 Å². The number of methoxy groups -OCH3 is 3. The van der Waals surface area contributed by atoms with Crippen molar-refractivity contribution in [1.29, 1.82) is 0 Å². The number of benzene rings is 1. The zero-order valence-corrected chi connectivity index (χ0v) is 19.9. The highest BCUT2D eigenvalue weighted by Crippen LogP contribution is 2.38. The van der Waals surface area contributed by atoms with Crippen LogP contribution in [0.5, 0.6) is 17.2 Å². The van der Waals surface area contributed by atoms with Gasteiger partial charge in [-0.25, -0.2) is 13.4 Å². The Kier molecular flexibility index (Phi) is 8.34. The van der Waals surface area contributed by atoms with Crippen molar-refractivity contribution < 1.29 is 27.4 Å². The molecule has 1 aromatic heterocycles. The van der Waals surface area contributed by atoms with Crippen LogP contribution < -0.4 is 24.4 Å². The van der Waals surface area contributed by atoms with Gasteiger partial charge >= 0.3 is 0 Å². The summed E-state index contributed by atoms with van der Waals surface area (Å²) >= 11 is 0. The van der Waals surface area contributed by atoms with Gasteiger partial charge in [-0.15, -0.1) is 0 Å². The van der Waals surface area contributed by atoms with Crippen molar-refractivity contribution in [2.75, 3.05) is 64.7 Å². The van der Waals surface area contributed by atoms with E-state index in [4.69, 9.17) is 14.2 Å². The molecule has 180 valence electrons. The quantitative estimate of drug-likeness (QED) is 0.537. The van der Waals surface area contributed by atoms with Gasteiger partial charge in [-0.2, -0.15) is 4.31 Å². The van der Waals surface area contributed by atoms with Crippen LogP contribution in [0.3, 0.4) is 0 Å². The lowest BCUT2D eigenvalue weighted by Crippen LogP contribution is -2.50. The van der Waals surface area contributed by atoms with Gasteiger partial charge in [0, 0.05) is 38.9 Å². The van der Waals surface area contributed by atoms with Crippen molar-refractivity contribution in [3.8, 4) is 17.2 Å². The van der Waals surface area contributed by atoms with Gasteiger partial charge in [0.2, 0.25) is 21.7 Å². The number of sulfonamides is 1.